The number of hydrogen-bond donors (Lipinski definition) is 2. The van der Waals surface area contributed by atoms with Gasteiger partial charge < -0.3 is 10.4 Å². The van der Waals surface area contributed by atoms with Crippen molar-refractivity contribution in [2.24, 2.45) is 0 Å². The van der Waals surface area contributed by atoms with Crippen molar-refractivity contribution in [1.82, 2.24) is 25.3 Å². The van der Waals surface area contributed by atoms with Crippen LogP contribution in [0.15, 0.2) is 12.4 Å². The molecule has 0 bridgehead atoms. The summed E-state index contributed by atoms with van der Waals surface area (Å²) in [6.07, 6.45) is 3.93. The molecular weight excluding hydrogens is 294 g/mol. The average molecular weight is 309 g/mol. The first-order valence-electron chi connectivity index (χ1n) is 6.37. The molecule has 2 aromatic rings. The summed E-state index contributed by atoms with van der Waals surface area (Å²) in [5.74, 6) is -1.46. The second kappa shape index (κ2) is 6.44. The largest absolute Gasteiger partial charge is 0.476 e. The molecule has 0 spiro atoms. The van der Waals surface area contributed by atoms with Gasteiger partial charge in [-0.15, -0.1) is 16.4 Å². The molecule has 112 valence electrons. The zero-order chi connectivity index (χ0) is 15.4. The number of amides is 1. The third kappa shape index (κ3) is 3.85. The Morgan fingerprint density at radius 1 is 1.52 bits per heavy atom. The lowest BCUT2D eigenvalue weighted by Gasteiger charge is -2.10. The smallest absolute Gasteiger partial charge is 0.358 e. The van der Waals surface area contributed by atoms with Crippen LogP contribution in [0.1, 0.15) is 40.3 Å². The van der Waals surface area contributed by atoms with Gasteiger partial charge in [0.25, 0.3) is 0 Å². The number of nitrogens with zero attached hydrogens (tertiary/aromatic N) is 4. The van der Waals surface area contributed by atoms with Crippen molar-refractivity contribution >= 4 is 23.2 Å². The molecule has 2 rings (SSSR count). The molecule has 1 unspecified atom stereocenters. The van der Waals surface area contributed by atoms with Gasteiger partial charge in [-0.1, -0.05) is 12.1 Å². The summed E-state index contributed by atoms with van der Waals surface area (Å²) in [6, 6.07) is -0.203. The van der Waals surface area contributed by atoms with E-state index in [1.165, 1.54) is 10.9 Å². The zero-order valence-corrected chi connectivity index (χ0v) is 12.4. The highest BCUT2D eigenvalue weighted by atomic mass is 32.1. The van der Waals surface area contributed by atoms with Crippen LogP contribution in [0.3, 0.4) is 0 Å². The molecule has 0 fully saturated rings. The maximum absolute atomic E-state index is 11.9. The van der Waals surface area contributed by atoms with Crippen molar-refractivity contribution in [2.45, 2.75) is 32.9 Å². The van der Waals surface area contributed by atoms with Crippen molar-refractivity contribution in [3.63, 3.8) is 0 Å². The number of aromatic nitrogens is 4. The Labute approximate surface area is 124 Å². The van der Waals surface area contributed by atoms with Crippen LogP contribution in [-0.4, -0.2) is 37.0 Å². The van der Waals surface area contributed by atoms with Crippen molar-refractivity contribution in [3.05, 3.63) is 28.0 Å². The van der Waals surface area contributed by atoms with Gasteiger partial charge in [0.15, 0.2) is 5.69 Å². The van der Waals surface area contributed by atoms with Crippen molar-refractivity contribution in [3.8, 4) is 0 Å². The van der Waals surface area contributed by atoms with E-state index in [1.54, 1.807) is 17.5 Å². The Balaban J connectivity index is 1.92. The molecule has 2 heterocycles. The fourth-order valence-electron chi connectivity index (χ4n) is 1.66. The van der Waals surface area contributed by atoms with Crippen molar-refractivity contribution in [2.75, 3.05) is 0 Å². The van der Waals surface area contributed by atoms with Crippen LogP contribution in [0, 0.1) is 0 Å². The Morgan fingerprint density at radius 2 is 2.29 bits per heavy atom. The topological polar surface area (TPSA) is 110 Å². The molecule has 0 aliphatic heterocycles. The Morgan fingerprint density at radius 3 is 2.86 bits per heavy atom. The molecule has 1 atom stereocenters. The van der Waals surface area contributed by atoms with Crippen LogP contribution < -0.4 is 5.32 Å². The number of carbonyl (C=O) groups excluding carboxylic acids is 1. The molecule has 2 aromatic heterocycles. The molecule has 0 aliphatic rings. The molecule has 9 heteroatoms. The summed E-state index contributed by atoms with van der Waals surface area (Å²) >= 11 is 1.56. The van der Waals surface area contributed by atoms with Crippen molar-refractivity contribution < 1.29 is 14.7 Å². The fraction of sp³-hybridized carbons (Fsp3) is 0.417. The van der Waals surface area contributed by atoms with E-state index in [4.69, 9.17) is 5.11 Å². The van der Waals surface area contributed by atoms with Gasteiger partial charge in [0.2, 0.25) is 5.91 Å². The SMILES string of the molecule is CCc1cnc(C(C)NC(=O)Cn2cc(C(=O)O)nn2)s1. The second-order valence-electron chi connectivity index (χ2n) is 4.41. The van der Waals surface area contributed by atoms with Gasteiger partial charge in [-0.05, 0) is 13.3 Å². The van der Waals surface area contributed by atoms with E-state index in [0.717, 1.165) is 16.3 Å². The summed E-state index contributed by atoms with van der Waals surface area (Å²) in [7, 11) is 0. The second-order valence-corrected chi connectivity index (χ2v) is 5.56. The minimum Gasteiger partial charge on any atom is -0.476 e. The van der Waals surface area contributed by atoms with Crippen LogP contribution in [0.4, 0.5) is 0 Å². The van der Waals surface area contributed by atoms with Gasteiger partial charge in [0, 0.05) is 11.1 Å². The lowest BCUT2D eigenvalue weighted by Crippen LogP contribution is -2.30. The van der Waals surface area contributed by atoms with Gasteiger partial charge >= 0.3 is 5.97 Å². The number of nitrogens with one attached hydrogen (secondary N) is 1. The first-order chi connectivity index (χ1) is 9.99. The van der Waals surface area contributed by atoms with E-state index in [2.05, 4.69) is 20.6 Å². The van der Waals surface area contributed by atoms with E-state index < -0.39 is 5.97 Å². The summed E-state index contributed by atoms with van der Waals surface area (Å²) < 4.78 is 1.19. The van der Waals surface area contributed by atoms with E-state index >= 15 is 0 Å². The molecule has 0 radical (unpaired) electrons. The first kappa shape index (κ1) is 15.1. The summed E-state index contributed by atoms with van der Waals surface area (Å²) in [5, 5.41) is 19.4. The quantitative estimate of drug-likeness (QED) is 0.819. The van der Waals surface area contributed by atoms with Crippen molar-refractivity contribution in [1.29, 1.82) is 0 Å². The summed E-state index contributed by atoms with van der Waals surface area (Å²) in [6.45, 7) is 3.81. The van der Waals surface area contributed by atoms with Crippen LogP contribution in [-0.2, 0) is 17.8 Å². The normalized spacial score (nSPS) is 12.1. The molecule has 0 aromatic carbocycles. The fourth-order valence-corrected chi connectivity index (χ4v) is 2.52. The summed E-state index contributed by atoms with van der Waals surface area (Å²) in [5.41, 5.74) is -0.191. The van der Waals surface area contributed by atoms with E-state index in [9.17, 15) is 9.59 Å². The molecule has 0 saturated carbocycles. The van der Waals surface area contributed by atoms with E-state index in [0.29, 0.717) is 0 Å². The average Bonchev–Trinajstić information content (AvgIpc) is 3.06. The van der Waals surface area contributed by atoms with Gasteiger partial charge in [-0.25, -0.2) is 14.5 Å². The number of carboxylic acid groups (broad SMARTS) is 1. The van der Waals surface area contributed by atoms with Gasteiger partial charge in [0.05, 0.1) is 12.2 Å². The molecular formula is C12H15N5O3S. The third-order valence-electron chi connectivity index (χ3n) is 2.73. The lowest BCUT2D eigenvalue weighted by atomic mass is 10.3. The monoisotopic (exact) mass is 309 g/mol. The van der Waals surface area contributed by atoms with E-state index in [1.807, 2.05) is 13.8 Å². The first-order valence-corrected chi connectivity index (χ1v) is 7.18. The maximum atomic E-state index is 11.9. The Bertz CT molecular complexity index is 651. The van der Waals surface area contributed by atoms with Crippen LogP contribution >= 0.6 is 11.3 Å². The maximum Gasteiger partial charge on any atom is 0.358 e. The van der Waals surface area contributed by atoms with E-state index in [-0.39, 0.29) is 24.2 Å². The molecule has 0 aliphatic carbocycles. The molecule has 21 heavy (non-hydrogen) atoms. The minimum atomic E-state index is -1.18. The number of carboxylic acids is 1. The Hall–Kier alpha value is -2.29. The van der Waals surface area contributed by atoms with Gasteiger partial charge in [-0.3, -0.25) is 4.79 Å². The van der Waals surface area contributed by atoms with Gasteiger partial charge in [-0.2, -0.15) is 0 Å². The zero-order valence-electron chi connectivity index (χ0n) is 11.6. The number of carbonyl (C=O) groups is 2. The van der Waals surface area contributed by atoms with Crippen LogP contribution in [0.2, 0.25) is 0 Å². The molecule has 2 N–H and O–H groups in total. The minimum absolute atomic E-state index is 0.0867. The van der Waals surface area contributed by atoms with Gasteiger partial charge in [0.1, 0.15) is 11.6 Å². The lowest BCUT2D eigenvalue weighted by molar-refractivity contribution is -0.122. The molecule has 8 nitrogen and oxygen atoms in total. The third-order valence-corrected chi connectivity index (χ3v) is 4.06. The summed E-state index contributed by atoms with van der Waals surface area (Å²) in [4.78, 5) is 28.0. The number of rotatable bonds is 6. The highest BCUT2D eigenvalue weighted by Gasteiger charge is 2.15. The van der Waals surface area contributed by atoms with Crippen LogP contribution in [0.25, 0.3) is 0 Å². The Kier molecular flexibility index (Phi) is 4.63. The standard InChI is InChI=1S/C12H15N5O3S/c1-3-8-4-13-11(21-8)7(2)14-10(18)6-17-5-9(12(19)20)15-16-17/h4-5,7H,3,6H2,1-2H3,(H,14,18)(H,19,20). The van der Waals surface area contributed by atoms with Crippen LogP contribution in [0.5, 0.6) is 0 Å². The predicted molar refractivity (Wildman–Crippen MR) is 75.0 cm³/mol. The highest BCUT2D eigenvalue weighted by molar-refractivity contribution is 7.11. The number of hydrogen-bond acceptors (Lipinski definition) is 6. The molecule has 0 saturated heterocycles. The number of aryl methyl sites for hydroxylation is 1. The number of thiazole rings is 1. The molecule has 1 amide bonds. The highest BCUT2D eigenvalue weighted by Crippen LogP contribution is 2.20. The predicted octanol–water partition coefficient (Wildman–Crippen LogP) is 0.873. The number of aromatic carboxylic acids is 1.